The summed E-state index contributed by atoms with van der Waals surface area (Å²) in [6.45, 7) is 2.29. The molecule has 23 heavy (non-hydrogen) atoms. The zero-order valence-electron chi connectivity index (χ0n) is 12.8. The number of sulfone groups is 1. The van der Waals surface area contributed by atoms with E-state index in [0.717, 1.165) is 11.1 Å². The molecule has 0 bridgehead atoms. The molecule has 4 nitrogen and oxygen atoms in total. The Bertz CT molecular complexity index is 768. The van der Waals surface area contributed by atoms with E-state index in [4.69, 9.17) is 11.6 Å². The van der Waals surface area contributed by atoms with Crippen LogP contribution in [0.3, 0.4) is 0 Å². The van der Waals surface area contributed by atoms with Crippen molar-refractivity contribution in [2.24, 2.45) is 0 Å². The molecule has 0 saturated carbocycles. The van der Waals surface area contributed by atoms with Crippen LogP contribution in [0.15, 0.2) is 48.5 Å². The summed E-state index contributed by atoms with van der Waals surface area (Å²) in [6, 6.07) is 14.2. The van der Waals surface area contributed by atoms with Gasteiger partial charge in [0.05, 0.1) is 5.75 Å². The molecule has 0 spiro atoms. The SMILES string of the molecule is Cc1ccc(CNC(=O)CS(=O)(=O)Cc2ccc(Cl)cc2)cc1. The molecule has 0 aliphatic rings. The smallest absolute Gasteiger partial charge is 0.235 e. The summed E-state index contributed by atoms with van der Waals surface area (Å²) < 4.78 is 24.1. The molecule has 1 amide bonds. The van der Waals surface area contributed by atoms with E-state index in [1.807, 2.05) is 31.2 Å². The Morgan fingerprint density at radius 2 is 1.57 bits per heavy atom. The number of halogens is 1. The van der Waals surface area contributed by atoms with Crippen molar-refractivity contribution in [2.45, 2.75) is 19.2 Å². The van der Waals surface area contributed by atoms with Crippen LogP contribution in [0, 0.1) is 6.92 Å². The van der Waals surface area contributed by atoms with E-state index in [0.29, 0.717) is 17.1 Å². The van der Waals surface area contributed by atoms with Crippen LogP contribution in [-0.2, 0) is 26.9 Å². The van der Waals surface area contributed by atoms with E-state index in [9.17, 15) is 13.2 Å². The minimum absolute atomic E-state index is 0.178. The van der Waals surface area contributed by atoms with Gasteiger partial charge in [-0.15, -0.1) is 0 Å². The molecule has 6 heteroatoms. The highest BCUT2D eigenvalue weighted by molar-refractivity contribution is 7.91. The fourth-order valence-corrected chi connectivity index (χ4v) is 3.47. The molecule has 0 unspecified atom stereocenters. The van der Waals surface area contributed by atoms with Crippen LogP contribution in [0.2, 0.25) is 5.02 Å². The maximum atomic E-state index is 12.1. The Balaban J connectivity index is 1.88. The van der Waals surface area contributed by atoms with Crippen molar-refractivity contribution in [3.63, 3.8) is 0 Å². The second-order valence-electron chi connectivity index (χ2n) is 5.42. The number of hydrogen-bond donors (Lipinski definition) is 1. The fraction of sp³-hybridized carbons (Fsp3) is 0.235. The summed E-state index contributed by atoms with van der Waals surface area (Å²) >= 11 is 5.76. The lowest BCUT2D eigenvalue weighted by atomic mass is 10.1. The van der Waals surface area contributed by atoms with Crippen LogP contribution >= 0.6 is 11.6 Å². The monoisotopic (exact) mass is 351 g/mol. The first-order valence-corrected chi connectivity index (χ1v) is 9.31. The predicted molar refractivity (Wildman–Crippen MR) is 92.0 cm³/mol. The molecule has 2 aromatic carbocycles. The minimum Gasteiger partial charge on any atom is -0.351 e. The summed E-state index contributed by atoms with van der Waals surface area (Å²) in [5.41, 5.74) is 2.67. The normalized spacial score (nSPS) is 11.2. The van der Waals surface area contributed by atoms with Crippen molar-refractivity contribution in [1.29, 1.82) is 0 Å². The molecule has 0 radical (unpaired) electrons. The first kappa shape index (κ1) is 17.5. The van der Waals surface area contributed by atoms with Gasteiger partial charge in [-0.3, -0.25) is 4.79 Å². The maximum Gasteiger partial charge on any atom is 0.235 e. The van der Waals surface area contributed by atoms with Gasteiger partial charge < -0.3 is 5.32 Å². The Hall–Kier alpha value is -1.85. The van der Waals surface area contributed by atoms with Crippen molar-refractivity contribution >= 4 is 27.3 Å². The average Bonchev–Trinajstić information content (AvgIpc) is 2.48. The van der Waals surface area contributed by atoms with Gasteiger partial charge in [0.2, 0.25) is 5.91 Å². The Morgan fingerprint density at radius 3 is 2.17 bits per heavy atom. The topological polar surface area (TPSA) is 63.2 Å². The van der Waals surface area contributed by atoms with Crippen LogP contribution in [0.25, 0.3) is 0 Å². The molecule has 0 fully saturated rings. The standard InChI is InChI=1S/C17H18ClNO3S/c1-13-2-4-14(5-3-13)10-19-17(20)12-23(21,22)11-15-6-8-16(18)9-7-15/h2-9H,10-12H2,1H3,(H,19,20). The summed E-state index contributed by atoms with van der Waals surface area (Å²) in [7, 11) is -3.51. The van der Waals surface area contributed by atoms with E-state index in [1.165, 1.54) is 0 Å². The highest BCUT2D eigenvalue weighted by atomic mass is 35.5. The highest BCUT2D eigenvalue weighted by Gasteiger charge is 2.17. The molecule has 0 saturated heterocycles. The fourth-order valence-electron chi connectivity index (χ4n) is 2.04. The van der Waals surface area contributed by atoms with Gasteiger partial charge in [0, 0.05) is 11.6 Å². The third-order valence-corrected chi connectivity index (χ3v) is 4.99. The quantitative estimate of drug-likeness (QED) is 0.870. The van der Waals surface area contributed by atoms with Gasteiger partial charge in [-0.2, -0.15) is 0 Å². The number of amides is 1. The molecule has 2 rings (SSSR count). The number of hydrogen-bond acceptors (Lipinski definition) is 3. The van der Waals surface area contributed by atoms with Crippen molar-refractivity contribution < 1.29 is 13.2 Å². The summed E-state index contributed by atoms with van der Waals surface area (Å²) in [6.07, 6.45) is 0. The second kappa shape index (κ2) is 7.62. The zero-order valence-corrected chi connectivity index (χ0v) is 14.3. The van der Waals surface area contributed by atoms with Crippen molar-refractivity contribution in [2.75, 3.05) is 5.75 Å². The van der Waals surface area contributed by atoms with E-state index < -0.39 is 21.5 Å². The Morgan fingerprint density at radius 1 is 1.00 bits per heavy atom. The second-order valence-corrected chi connectivity index (χ2v) is 7.92. The Kier molecular flexibility index (Phi) is 5.80. The number of rotatable bonds is 6. The molecule has 0 aromatic heterocycles. The highest BCUT2D eigenvalue weighted by Crippen LogP contribution is 2.12. The van der Waals surface area contributed by atoms with Gasteiger partial charge in [-0.05, 0) is 30.2 Å². The third kappa shape index (κ3) is 6.04. The predicted octanol–water partition coefficient (Wildman–Crippen LogP) is 2.88. The molecule has 0 heterocycles. The first-order valence-electron chi connectivity index (χ1n) is 7.11. The van der Waals surface area contributed by atoms with Crippen LogP contribution in [-0.4, -0.2) is 20.1 Å². The van der Waals surface area contributed by atoms with Gasteiger partial charge in [0.25, 0.3) is 0 Å². The van der Waals surface area contributed by atoms with Crippen molar-refractivity contribution in [3.05, 3.63) is 70.2 Å². The molecule has 2 aromatic rings. The van der Waals surface area contributed by atoms with Crippen LogP contribution in [0.5, 0.6) is 0 Å². The molecule has 1 N–H and O–H groups in total. The molecule has 0 aliphatic carbocycles. The van der Waals surface area contributed by atoms with E-state index in [2.05, 4.69) is 5.32 Å². The van der Waals surface area contributed by atoms with Crippen LogP contribution in [0.4, 0.5) is 0 Å². The molecular weight excluding hydrogens is 334 g/mol. The van der Waals surface area contributed by atoms with Crippen LogP contribution < -0.4 is 5.32 Å². The van der Waals surface area contributed by atoms with Gasteiger partial charge in [-0.1, -0.05) is 53.6 Å². The molecule has 122 valence electrons. The van der Waals surface area contributed by atoms with Gasteiger partial charge >= 0.3 is 0 Å². The van der Waals surface area contributed by atoms with Gasteiger partial charge in [-0.25, -0.2) is 8.42 Å². The average molecular weight is 352 g/mol. The maximum absolute atomic E-state index is 12.1. The molecule has 0 atom stereocenters. The first-order chi connectivity index (χ1) is 10.8. The number of aryl methyl sites for hydroxylation is 1. The minimum atomic E-state index is -3.51. The van der Waals surface area contributed by atoms with Crippen LogP contribution in [0.1, 0.15) is 16.7 Å². The number of carbonyl (C=O) groups excluding carboxylic acids is 1. The number of carbonyl (C=O) groups is 1. The lowest BCUT2D eigenvalue weighted by Crippen LogP contribution is -2.30. The largest absolute Gasteiger partial charge is 0.351 e. The van der Waals surface area contributed by atoms with E-state index in [-0.39, 0.29) is 5.75 Å². The van der Waals surface area contributed by atoms with E-state index >= 15 is 0 Å². The lowest BCUT2D eigenvalue weighted by Gasteiger charge is -2.07. The van der Waals surface area contributed by atoms with E-state index in [1.54, 1.807) is 24.3 Å². The number of nitrogens with one attached hydrogen (secondary N) is 1. The molecular formula is C17H18ClNO3S. The van der Waals surface area contributed by atoms with Crippen molar-refractivity contribution in [1.82, 2.24) is 5.32 Å². The molecule has 0 aliphatic heterocycles. The zero-order chi connectivity index (χ0) is 16.9. The summed E-state index contributed by atoms with van der Waals surface area (Å²) in [5.74, 6) is -1.21. The Labute approximate surface area is 141 Å². The summed E-state index contributed by atoms with van der Waals surface area (Å²) in [5, 5.41) is 3.17. The van der Waals surface area contributed by atoms with Gasteiger partial charge in [0.15, 0.2) is 9.84 Å². The summed E-state index contributed by atoms with van der Waals surface area (Å²) in [4.78, 5) is 11.8. The lowest BCUT2D eigenvalue weighted by molar-refractivity contribution is -0.118. The third-order valence-electron chi connectivity index (χ3n) is 3.26. The number of benzene rings is 2. The van der Waals surface area contributed by atoms with Crippen molar-refractivity contribution in [3.8, 4) is 0 Å². The van der Waals surface area contributed by atoms with Gasteiger partial charge in [0.1, 0.15) is 5.75 Å².